The molecule has 0 aliphatic heterocycles. The molecule has 0 radical (unpaired) electrons. The number of rotatable bonds is 3. The SMILES string of the molecule is OCc1nncn1Cc1cc(F)ccc1F. The van der Waals surface area contributed by atoms with Crippen molar-refractivity contribution in [3.63, 3.8) is 0 Å². The van der Waals surface area contributed by atoms with Crippen molar-refractivity contribution in [2.75, 3.05) is 0 Å². The van der Waals surface area contributed by atoms with Crippen LogP contribution in [-0.4, -0.2) is 19.9 Å². The Kier molecular flexibility index (Phi) is 2.91. The summed E-state index contributed by atoms with van der Waals surface area (Å²) >= 11 is 0. The molecule has 0 bridgehead atoms. The van der Waals surface area contributed by atoms with Gasteiger partial charge in [-0.15, -0.1) is 10.2 Å². The van der Waals surface area contributed by atoms with Gasteiger partial charge in [-0.05, 0) is 18.2 Å². The van der Waals surface area contributed by atoms with Crippen molar-refractivity contribution in [3.8, 4) is 0 Å². The predicted octanol–water partition coefficient (Wildman–Crippen LogP) is 1.10. The Morgan fingerprint density at radius 1 is 1.31 bits per heavy atom. The summed E-state index contributed by atoms with van der Waals surface area (Å²) in [5, 5.41) is 16.1. The van der Waals surface area contributed by atoms with Crippen LogP contribution in [0.4, 0.5) is 8.78 Å². The molecule has 1 N–H and O–H groups in total. The van der Waals surface area contributed by atoms with E-state index < -0.39 is 11.6 Å². The molecule has 0 fully saturated rings. The maximum atomic E-state index is 13.3. The second-order valence-electron chi connectivity index (χ2n) is 3.27. The van der Waals surface area contributed by atoms with Gasteiger partial charge in [-0.25, -0.2) is 8.78 Å². The molecule has 0 saturated carbocycles. The number of aliphatic hydroxyl groups is 1. The molecule has 0 amide bonds. The minimum absolute atomic E-state index is 0.0898. The van der Waals surface area contributed by atoms with Gasteiger partial charge in [-0.2, -0.15) is 0 Å². The Labute approximate surface area is 90.2 Å². The molecule has 1 heterocycles. The van der Waals surface area contributed by atoms with Crippen LogP contribution in [0.5, 0.6) is 0 Å². The van der Waals surface area contributed by atoms with Gasteiger partial charge in [0.15, 0.2) is 5.82 Å². The summed E-state index contributed by atoms with van der Waals surface area (Å²) in [6.07, 6.45) is 1.36. The molecule has 84 valence electrons. The lowest BCUT2D eigenvalue weighted by Gasteiger charge is -2.06. The van der Waals surface area contributed by atoms with Crippen molar-refractivity contribution in [1.82, 2.24) is 14.8 Å². The number of nitrogens with zero attached hydrogens (tertiary/aromatic N) is 3. The number of halogens is 2. The first-order valence-electron chi connectivity index (χ1n) is 4.62. The van der Waals surface area contributed by atoms with Crippen LogP contribution in [0.1, 0.15) is 11.4 Å². The fraction of sp³-hybridized carbons (Fsp3) is 0.200. The van der Waals surface area contributed by atoms with Gasteiger partial charge in [0.2, 0.25) is 0 Å². The fourth-order valence-electron chi connectivity index (χ4n) is 1.38. The van der Waals surface area contributed by atoms with Gasteiger partial charge in [0.1, 0.15) is 24.6 Å². The fourth-order valence-corrected chi connectivity index (χ4v) is 1.38. The van der Waals surface area contributed by atoms with Crippen LogP contribution < -0.4 is 0 Å². The highest BCUT2D eigenvalue weighted by atomic mass is 19.1. The zero-order valence-electron chi connectivity index (χ0n) is 8.27. The van der Waals surface area contributed by atoms with Crippen LogP contribution >= 0.6 is 0 Å². The Hall–Kier alpha value is -1.82. The van der Waals surface area contributed by atoms with Gasteiger partial charge in [-0.3, -0.25) is 0 Å². The zero-order valence-corrected chi connectivity index (χ0v) is 8.27. The highest BCUT2D eigenvalue weighted by Crippen LogP contribution is 2.12. The molecular weight excluding hydrogens is 216 g/mol. The second kappa shape index (κ2) is 4.36. The van der Waals surface area contributed by atoms with Gasteiger partial charge < -0.3 is 9.67 Å². The summed E-state index contributed by atoms with van der Waals surface area (Å²) in [6.45, 7) is -0.205. The van der Waals surface area contributed by atoms with Gasteiger partial charge in [0.25, 0.3) is 0 Å². The lowest BCUT2D eigenvalue weighted by Crippen LogP contribution is -2.06. The smallest absolute Gasteiger partial charge is 0.158 e. The van der Waals surface area contributed by atoms with Gasteiger partial charge in [-0.1, -0.05) is 0 Å². The van der Waals surface area contributed by atoms with E-state index in [0.29, 0.717) is 5.82 Å². The van der Waals surface area contributed by atoms with Crippen LogP contribution in [0, 0.1) is 11.6 Å². The number of benzene rings is 1. The predicted molar refractivity (Wildman–Crippen MR) is 51.4 cm³/mol. The highest BCUT2D eigenvalue weighted by molar-refractivity contribution is 5.19. The van der Waals surface area contributed by atoms with Gasteiger partial charge in [0, 0.05) is 5.56 Å². The number of hydrogen-bond donors (Lipinski definition) is 1. The first kappa shape index (κ1) is 10.7. The molecule has 0 atom stereocenters. The van der Waals surface area contributed by atoms with Gasteiger partial charge >= 0.3 is 0 Å². The average Bonchev–Trinajstić information content (AvgIpc) is 2.71. The largest absolute Gasteiger partial charge is 0.388 e. The van der Waals surface area contributed by atoms with Crippen molar-refractivity contribution in [2.45, 2.75) is 13.2 Å². The molecule has 1 aromatic carbocycles. The molecule has 0 aliphatic rings. The van der Waals surface area contributed by atoms with Crippen LogP contribution in [0.25, 0.3) is 0 Å². The summed E-state index contributed by atoms with van der Waals surface area (Å²) in [5.41, 5.74) is 0.189. The molecule has 1 aromatic heterocycles. The van der Waals surface area contributed by atoms with E-state index in [9.17, 15) is 8.78 Å². The van der Waals surface area contributed by atoms with Gasteiger partial charge in [0.05, 0.1) is 6.54 Å². The van der Waals surface area contributed by atoms with Crippen molar-refractivity contribution in [2.24, 2.45) is 0 Å². The van der Waals surface area contributed by atoms with Crippen molar-refractivity contribution in [3.05, 3.63) is 47.5 Å². The Bertz CT molecular complexity index is 499. The molecule has 0 saturated heterocycles. The maximum Gasteiger partial charge on any atom is 0.158 e. The first-order valence-corrected chi connectivity index (χ1v) is 4.62. The Morgan fingerprint density at radius 3 is 2.88 bits per heavy atom. The molecule has 16 heavy (non-hydrogen) atoms. The Morgan fingerprint density at radius 2 is 2.12 bits per heavy atom. The lowest BCUT2D eigenvalue weighted by atomic mass is 10.2. The third kappa shape index (κ3) is 2.06. The molecule has 0 aliphatic carbocycles. The summed E-state index contributed by atoms with van der Waals surface area (Å²) in [7, 11) is 0. The topological polar surface area (TPSA) is 50.9 Å². The molecule has 4 nitrogen and oxygen atoms in total. The standard InChI is InChI=1S/C10H9F2N3O/c11-8-1-2-9(12)7(3-8)4-15-6-13-14-10(15)5-16/h1-3,6,16H,4-5H2. The van der Waals surface area contributed by atoms with Crippen LogP contribution in [0.2, 0.25) is 0 Å². The van der Waals surface area contributed by atoms with Crippen LogP contribution in [0.15, 0.2) is 24.5 Å². The van der Waals surface area contributed by atoms with E-state index in [4.69, 9.17) is 5.11 Å². The normalized spacial score (nSPS) is 10.7. The van der Waals surface area contributed by atoms with E-state index >= 15 is 0 Å². The summed E-state index contributed by atoms with van der Waals surface area (Å²) in [4.78, 5) is 0. The average molecular weight is 225 g/mol. The molecule has 2 aromatic rings. The van der Waals surface area contributed by atoms with E-state index in [2.05, 4.69) is 10.2 Å². The minimum atomic E-state index is -0.505. The number of aromatic nitrogens is 3. The molecule has 6 heteroatoms. The summed E-state index contributed by atoms with van der Waals surface area (Å²) in [6, 6.07) is 3.22. The van der Waals surface area contributed by atoms with Crippen molar-refractivity contribution >= 4 is 0 Å². The van der Waals surface area contributed by atoms with E-state index in [-0.39, 0.29) is 18.7 Å². The first-order chi connectivity index (χ1) is 7.70. The third-order valence-electron chi connectivity index (χ3n) is 2.19. The van der Waals surface area contributed by atoms with E-state index in [1.807, 2.05) is 0 Å². The number of aliphatic hydroxyl groups excluding tert-OH is 1. The highest BCUT2D eigenvalue weighted by Gasteiger charge is 2.08. The van der Waals surface area contributed by atoms with E-state index in [0.717, 1.165) is 18.2 Å². The summed E-state index contributed by atoms with van der Waals surface area (Å²) in [5.74, 6) is -0.697. The third-order valence-corrected chi connectivity index (χ3v) is 2.19. The summed E-state index contributed by atoms with van der Waals surface area (Å²) < 4.78 is 27.7. The minimum Gasteiger partial charge on any atom is -0.388 e. The quantitative estimate of drug-likeness (QED) is 0.850. The molecule has 2 rings (SSSR count). The molecular formula is C10H9F2N3O. The zero-order chi connectivity index (χ0) is 11.5. The van der Waals surface area contributed by atoms with E-state index in [1.54, 1.807) is 0 Å². The number of hydrogen-bond acceptors (Lipinski definition) is 3. The molecule has 0 spiro atoms. The van der Waals surface area contributed by atoms with E-state index in [1.165, 1.54) is 10.9 Å². The van der Waals surface area contributed by atoms with Crippen molar-refractivity contribution < 1.29 is 13.9 Å². The van der Waals surface area contributed by atoms with Crippen LogP contribution in [-0.2, 0) is 13.2 Å². The monoisotopic (exact) mass is 225 g/mol. The maximum absolute atomic E-state index is 13.3. The second-order valence-corrected chi connectivity index (χ2v) is 3.27. The molecule has 0 unspecified atom stereocenters. The van der Waals surface area contributed by atoms with Crippen LogP contribution in [0.3, 0.4) is 0 Å². The lowest BCUT2D eigenvalue weighted by molar-refractivity contribution is 0.265. The van der Waals surface area contributed by atoms with Crippen molar-refractivity contribution in [1.29, 1.82) is 0 Å². The Balaban J connectivity index is 2.30.